The van der Waals surface area contributed by atoms with Crippen molar-refractivity contribution in [2.45, 2.75) is 0 Å². The smallest absolute Gasteiger partial charge is 0.344 e. The zero-order valence-corrected chi connectivity index (χ0v) is 13.7. The molecule has 0 aliphatic rings. The van der Waals surface area contributed by atoms with Gasteiger partial charge in [-0.05, 0) is 70.1 Å². The molecular weight excluding hydrogens is 366 g/mol. The molecule has 0 spiro atoms. The molecule has 5 nitrogen and oxygen atoms in total. The summed E-state index contributed by atoms with van der Waals surface area (Å²) >= 11 is 7.94. The number of halogens is 1. The molecule has 0 saturated heterocycles. The lowest BCUT2D eigenvalue weighted by Gasteiger charge is -2.06. The average molecular weight is 378 g/mol. The molecule has 0 heterocycles. The number of hydrogen-bond donors (Lipinski definition) is 2. The number of carbonyl (C=O) groups is 1. The molecule has 2 aromatic carbocycles. The maximum atomic E-state index is 12.1. The van der Waals surface area contributed by atoms with Crippen molar-refractivity contribution < 1.29 is 9.53 Å². The third-order valence-electron chi connectivity index (χ3n) is 2.57. The van der Waals surface area contributed by atoms with Crippen LogP contribution in [0.15, 0.2) is 58.1 Å². The average Bonchev–Trinajstić information content (AvgIpc) is 2.49. The summed E-state index contributed by atoms with van der Waals surface area (Å²) in [4.78, 5) is 12.1. The molecule has 0 aromatic heterocycles. The molecule has 0 radical (unpaired) electrons. The summed E-state index contributed by atoms with van der Waals surface area (Å²) in [6, 6.07) is 13.9. The molecule has 0 fully saturated rings. The normalized spacial score (nSPS) is 10.4. The van der Waals surface area contributed by atoms with Gasteiger partial charge in [-0.1, -0.05) is 12.1 Å². The summed E-state index contributed by atoms with van der Waals surface area (Å²) < 4.78 is 6.00. The predicted molar refractivity (Wildman–Crippen MR) is 93.1 cm³/mol. The number of nitrogens with two attached hydrogens (primary N) is 1. The van der Waals surface area contributed by atoms with Crippen molar-refractivity contribution in [3.8, 4) is 5.75 Å². The number of nitrogens with zero attached hydrogens (tertiary/aromatic N) is 1. The lowest BCUT2D eigenvalue weighted by Crippen LogP contribution is -2.23. The second kappa shape index (κ2) is 7.67. The monoisotopic (exact) mass is 377 g/mol. The first-order chi connectivity index (χ1) is 10.6. The first-order valence-electron chi connectivity index (χ1n) is 6.21. The number of ether oxygens (including phenoxy) is 1. The van der Waals surface area contributed by atoms with Gasteiger partial charge in [-0.15, -0.1) is 0 Å². The number of rotatable bonds is 4. The molecule has 112 valence electrons. The number of esters is 1. The van der Waals surface area contributed by atoms with E-state index in [4.69, 9.17) is 10.5 Å². The fourth-order valence-corrected chi connectivity index (χ4v) is 2.08. The highest BCUT2D eigenvalue weighted by Gasteiger charge is 2.11. The van der Waals surface area contributed by atoms with Gasteiger partial charge in [0.25, 0.3) is 0 Å². The Morgan fingerprint density at radius 3 is 2.55 bits per heavy atom. The Morgan fingerprint density at radius 2 is 1.91 bits per heavy atom. The first-order valence-corrected chi connectivity index (χ1v) is 7.41. The molecule has 0 amide bonds. The van der Waals surface area contributed by atoms with Crippen molar-refractivity contribution >= 4 is 45.4 Å². The fourth-order valence-electron chi connectivity index (χ4n) is 1.58. The molecule has 0 aliphatic heterocycles. The van der Waals surface area contributed by atoms with Crippen LogP contribution in [-0.2, 0) is 0 Å². The van der Waals surface area contributed by atoms with E-state index in [-0.39, 0.29) is 5.11 Å². The van der Waals surface area contributed by atoms with E-state index in [1.807, 2.05) is 6.07 Å². The van der Waals surface area contributed by atoms with Crippen LogP contribution in [0.5, 0.6) is 5.75 Å². The summed E-state index contributed by atoms with van der Waals surface area (Å²) in [7, 11) is 0. The van der Waals surface area contributed by atoms with Crippen molar-refractivity contribution in [1.29, 1.82) is 0 Å². The van der Waals surface area contributed by atoms with Gasteiger partial charge in [-0.25, -0.2) is 4.79 Å². The molecule has 0 aliphatic carbocycles. The number of hydrogen-bond acceptors (Lipinski definition) is 4. The second-order valence-electron chi connectivity index (χ2n) is 4.17. The van der Waals surface area contributed by atoms with E-state index < -0.39 is 5.97 Å². The van der Waals surface area contributed by atoms with E-state index in [2.05, 4.69) is 38.7 Å². The molecule has 7 heteroatoms. The number of thiocarbonyl (C=S) groups is 1. The van der Waals surface area contributed by atoms with E-state index >= 15 is 0 Å². The Kier molecular flexibility index (Phi) is 5.62. The van der Waals surface area contributed by atoms with E-state index in [1.165, 1.54) is 0 Å². The van der Waals surface area contributed by atoms with Crippen LogP contribution in [0, 0.1) is 0 Å². The second-order valence-corrected chi connectivity index (χ2v) is 5.47. The maximum Gasteiger partial charge on any atom is 0.344 e. The Balaban J connectivity index is 2.02. The molecule has 3 N–H and O–H groups in total. The maximum absolute atomic E-state index is 12.1. The van der Waals surface area contributed by atoms with Gasteiger partial charge >= 0.3 is 5.97 Å². The SMILES string of the molecule is NC(=S)N/N=C\c1ccc(OC(=O)c2ccccc2Br)cc1. The molecule has 0 unspecified atom stereocenters. The van der Waals surface area contributed by atoms with Crippen LogP contribution in [0.4, 0.5) is 0 Å². The van der Waals surface area contributed by atoms with Crippen LogP contribution in [0.3, 0.4) is 0 Å². The number of nitrogens with one attached hydrogen (secondary N) is 1. The molecule has 0 saturated carbocycles. The highest BCUT2D eigenvalue weighted by atomic mass is 79.9. The third kappa shape index (κ3) is 4.64. The Morgan fingerprint density at radius 1 is 1.23 bits per heavy atom. The lowest BCUT2D eigenvalue weighted by atomic mass is 10.2. The van der Waals surface area contributed by atoms with Gasteiger partial charge in [-0.3, -0.25) is 5.43 Å². The summed E-state index contributed by atoms with van der Waals surface area (Å²) in [5.41, 5.74) is 8.98. The minimum atomic E-state index is -0.427. The van der Waals surface area contributed by atoms with Crippen LogP contribution < -0.4 is 15.9 Å². The van der Waals surface area contributed by atoms with Gasteiger partial charge in [0.2, 0.25) is 0 Å². The van der Waals surface area contributed by atoms with Gasteiger partial charge in [-0.2, -0.15) is 5.10 Å². The standard InChI is InChI=1S/C15H12BrN3O2S/c16-13-4-2-1-3-12(13)14(20)21-11-7-5-10(6-8-11)9-18-19-15(17)22/h1-9H,(H3,17,19,22)/b18-9-. The van der Waals surface area contributed by atoms with E-state index in [0.717, 1.165) is 5.56 Å². The van der Waals surface area contributed by atoms with Gasteiger partial charge in [0.05, 0.1) is 11.8 Å². The van der Waals surface area contributed by atoms with Crippen molar-refractivity contribution in [2.24, 2.45) is 10.8 Å². The third-order valence-corrected chi connectivity index (χ3v) is 3.36. The highest BCUT2D eigenvalue weighted by molar-refractivity contribution is 9.10. The lowest BCUT2D eigenvalue weighted by molar-refractivity contribution is 0.0734. The van der Waals surface area contributed by atoms with Gasteiger partial charge < -0.3 is 10.5 Å². The molecule has 0 atom stereocenters. The zero-order chi connectivity index (χ0) is 15.9. The van der Waals surface area contributed by atoms with Crippen LogP contribution in [0.25, 0.3) is 0 Å². The highest BCUT2D eigenvalue weighted by Crippen LogP contribution is 2.19. The van der Waals surface area contributed by atoms with Gasteiger partial charge in [0.15, 0.2) is 5.11 Å². The summed E-state index contributed by atoms with van der Waals surface area (Å²) in [5.74, 6) is 0.0178. The zero-order valence-electron chi connectivity index (χ0n) is 11.3. The number of carbonyl (C=O) groups excluding carboxylic acids is 1. The quantitative estimate of drug-likeness (QED) is 0.281. The van der Waals surface area contributed by atoms with Crippen molar-refractivity contribution in [3.63, 3.8) is 0 Å². The fraction of sp³-hybridized carbons (Fsp3) is 0. The minimum absolute atomic E-state index is 0.0928. The number of hydrazone groups is 1. The molecule has 0 bridgehead atoms. The Bertz CT molecular complexity index is 717. The number of benzene rings is 2. The molecule has 22 heavy (non-hydrogen) atoms. The van der Waals surface area contributed by atoms with Crippen molar-refractivity contribution in [3.05, 3.63) is 64.1 Å². The Hall–Kier alpha value is -2.25. The van der Waals surface area contributed by atoms with Gasteiger partial charge in [0, 0.05) is 4.47 Å². The minimum Gasteiger partial charge on any atom is -0.423 e. The van der Waals surface area contributed by atoms with Crippen LogP contribution >= 0.6 is 28.1 Å². The topological polar surface area (TPSA) is 76.7 Å². The predicted octanol–water partition coefficient (Wildman–Crippen LogP) is 2.84. The molecule has 2 aromatic rings. The first kappa shape index (κ1) is 16.1. The van der Waals surface area contributed by atoms with Crippen molar-refractivity contribution in [2.75, 3.05) is 0 Å². The summed E-state index contributed by atoms with van der Waals surface area (Å²) in [5, 5.41) is 3.93. The molecule has 2 rings (SSSR count). The van der Waals surface area contributed by atoms with Crippen molar-refractivity contribution in [1.82, 2.24) is 5.43 Å². The van der Waals surface area contributed by atoms with Crippen LogP contribution in [0.2, 0.25) is 0 Å². The summed E-state index contributed by atoms with van der Waals surface area (Å²) in [6.07, 6.45) is 1.55. The van der Waals surface area contributed by atoms with E-state index in [0.29, 0.717) is 15.8 Å². The van der Waals surface area contributed by atoms with Gasteiger partial charge in [0.1, 0.15) is 5.75 Å². The van der Waals surface area contributed by atoms with Crippen LogP contribution in [0.1, 0.15) is 15.9 Å². The molecular formula is C15H12BrN3O2S. The largest absolute Gasteiger partial charge is 0.423 e. The summed E-state index contributed by atoms with van der Waals surface area (Å²) in [6.45, 7) is 0. The van der Waals surface area contributed by atoms with Crippen LogP contribution in [-0.4, -0.2) is 17.3 Å². The Labute approximate surface area is 141 Å². The van der Waals surface area contributed by atoms with E-state index in [9.17, 15) is 4.79 Å². The van der Waals surface area contributed by atoms with E-state index in [1.54, 1.807) is 48.7 Å².